The minimum atomic E-state index is -1.45. The van der Waals surface area contributed by atoms with Crippen LogP contribution < -0.4 is 121 Å². The van der Waals surface area contributed by atoms with E-state index in [-0.39, 0.29) is 186 Å². The third-order valence-electron chi connectivity index (χ3n) is 8.89. The second-order valence-corrected chi connectivity index (χ2v) is 15.4. The zero-order valence-corrected chi connectivity index (χ0v) is 38.9. The molecular weight excluding hydrogens is 849 g/mol. The van der Waals surface area contributed by atoms with E-state index >= 15 is 0 Å². The molecule has 5 aromatic heterocycles. The first-order chi connectivity index (χ1) is 29.8. The number of anilines is 2. The van der Waals surface area contributed by atoms with Crippen LogP contribution in [0.15, 0.2) is 69.2 Å². The number of carboxylic acid groups (broad SMARTS) is 2. The van der Waals surface area contributed by atoms with E-state index in [4.69, 9.17) is 18.0 Å². The van der Waals surface area contributed by atoms with E-state index < -0.39 is 28.8 Å². The molecule has 0 aliphatic carbocycles. The molecule has 24 nitrogen and oxygen atoms in total. The van der Waals surface area contributed by atoms with Crippen LogP contribution in [-0.4, -0.2) is 66.0 Å². The predicted molar refractivity (Wildman–Crippen MR) is 213 cm³/mol. The standard InChI is InChI=1S/C39H33N19O5.5Li/c1-38(2,3)27-25(49-51-31-21(16-40)17-44-55(31)22-12-8-10-19(14-22)33(59)60)29(41)57(53-27)35-46-36(48-37(63)47-35)58-30(42)26(28(54-58)39(4,5)6)50-52-32-24(43-7)18-45-56(32)23-13-9-11-20(15-23)34(61)62;;;;;/h10-15,17-18H,41-42H2,1-6H3,(H,59,60)(H,61,62)(H,46,47,48,63);;;;;/q-2;5*+1/p-3. The van der Waals surface area contributed by atoms with Crippen molar-refractivity contribution in [3.8, 4) is 35.4 Å². The fourth-order valence-corrected chi connectivity index (χ4v) is 5.88. The molecule has 7 rings (SSSR count). The number of azo groups is 2. The maximum atomic E-state index is 13.2. The fraction of sp³-hybridized carbons (Fsp3) is 0.205. The molecule has 0 atom stereocenters. The van der Waals surface area contributed by atoms with Gasteiger partial charge < -0.3 is 36.4 Å². The van der Waals surface area contributed by atoms with Crippen LogP contribution in [0.2, 0.25) is 0 Å². The number of benzene rings is 2. The van der Waals surface area contributed by atoms with Crippen molar-refractivity contribution in [1.29, 1.82) is 5.26 Å². The Kier molecular flexibility index (Phi) is 19.4. The molecule has 7 aromatic rings. The Labute approximate surface area is 447 Å². The van der Waals surface area contributed by atoms with Crippen molar-refractivity contribution < 1.29 is 119 Å². The number of aromatic nitrogens is 11. The fourth-order valence-electron chi connectivity index (χ4n) is 5.88. The van der Waals surface area contributed by atoms with Gasteiger partial charge in [-0.05, 0) is 11.4 Å². The zero-order valence-electron chi connectivity index (χ0n) is 38.9. The summed E-state index contributed by atoms with van der Waals surface area (Å²) < 4.78 is 4.48. The number of carbonyl (C=O) groups is 2. The van der Waals surface area contributed by atoms with Crippen molar-refractivity contribution in [1.82, 2.24) is 54.1 Å². The number of nitriles is 1. The minimum absolute atomic E-state index is 0. The summed E-state index contributed by atoms with van der Waals surface area (Å²) in [6.07, 6.45) is 2.45. The normalized spacial score (nSPS) is 11.1. The SMILES string of the molecule is [C-]#[N+]c1cnn(-c2c[c-]cc(C(=O)[O-])c2)c1N=Nc1c(C(C)(C)C)nn(-c2nc([O-])nc(-n3nc(C(C)(C)C)c(N=Nc4c(C#N)cnn4-c4c[c-]cc(C(=O)[O-])c4)c3N)n2)c1N.[Li+].[Li+].[Li+].[Li+].[Li+]. The van der Waals surface area contributed by atoms with E-state index in [2.05, 4.69) is 72.8 Å². The molecule has 0 fully saturated rings. The van der Waals surface area contributed by atoms with Crippen molar-refractivity contribution in [3.05, 3.63) is 100 Å². The van der Waals surface area contributed by atoms with Gasteiger partial charge in [-0.1, -0.05) is 41.5 Å². The third kappa shape index (κ3) is 11.5. The summed E-state index contributed by atoms with van der Waals surface area (Å²) in [4.78, 5) is 38.9. The Morgan fingerprint density at radius 1 is 0.691 bits per heavy atom. The smallest absolute Gasteiger partial charge is 0.844 e. The van der Waals surface area contributed by atoms with Gasteiger partial charge in [0.05, 0.1) is 36.4 Å². The molecule has 0 aliphatic heterocycles. The van der Waals surface area contributed by atoms with Gasteiger partial charge in [0, 0.05) is 22.8 Å². The first kappa shape index (κ1) is 57.9. The van der Waals surface area contributed by atoms with Gasteiger partial charge in [0.2, 0.25) is 0 Å². The van der Waals surface area contributed by atoms with E-state index in [9.17, 15) is 30.2 Å². The van der Waals surface area contributed by atoms with Gasteiger partial charge in [0.25, 0.3) is 17.6 Å². The molecule has 2 aromatic carbocycles. The van der Waals surface area contributed by atoms with Crippen molar-refractivity contribution in [3.63, 3.8) is 0 Å². The Morgan fingerprint density at radius 3 is 1.53 bits per heavy atom. The molecule has 29 heteroatoms. The second kappa shape index (κ2) is 22.7. The second-order valence-electron chi connectivity index (χ2n) is 15.4. The molecule has 0 bridgehead atoms. The molecule has 316 valence electrons. The van der Waals surface area contributed by atoms with Crippen LogP contribution in [0.3, 0.4) is 0 Å². The first-order valence-electron chi connectivity index (χ1n) is 18.2. The van der Waals surface area contributed by atoms with E-state index in [1.54, 1.807) is 0 Å². The van der Waals surface area contributed by atoms with E-state index in [1.807, 2.05) is 47.6 Å². The van der Waals surface area contributed by atoms with Gasteiger partial charge in [0.1, 0.15) is 11.6 Å². The van der Waals surface area contributed by atoms with Gasteiger partial charge in [-0.15, -0.1) is 43.7 Å². The Bertz CT molecular complexity index is 2950. The Morgan fingerprint density at radius 2 is 1.12 bits per heavy atom. The van der Waals surface area contributed by atoms with Crippen LogP contribution in [0.1, 0.15) is 79.2 Å². The number of nitrogens with two attached hydrogens (primary N) is 2. The summed E-state index contributed by atoms with van der Waals surface area (Å²) in [6.45, 7) is 18.6. The average molecular weight is 880 g/mol. The molecule has 0 spiro atoms. The number of carbonyl (C=O) groups excluding carboxylic acids is 2. The summed E-state index contributed by atoms with van der Waals surface area (Å²) in [5.41, 5.74) is 12.3. The summed E-state index contributed by atoms with van der Waals surface area (Å²) in [7, 11) is 0. The first-order valence-corrected chi connectivity index (χ1v) is 18.2. The Balaban J connectivity index is 0.00000317. The van der Waals surface area contributed by atoms with Crippen molar-refractivity contribution in [2.45, 2.75) is 52.4 Å². The van der Waals surface area contributed by atoms with Crippen molar-refractivity contribution >= 4 is 52.3 Å². The summed E-state index contributed by atoms with van der Waals surface area (Å²) in [6, 6.07) is 14.2. The molecule has 4 N–H and O–H groups in total. The van der Waals surface area contributed by atoms with Gasteiger partial charge in [-0.25, -0.2) is 14.8 Å². The van der Waals surface area contributed by atoms with Gasteiger partial charge in [-0.3, -0.25) is 9.36 Å². The number of nitrogen functional groups attached to an aromatic ring is 2. The summed E-state index contributed by atoms with van der Waals surface area (Å²) in [5.74, 6) is -4.11. The van der Waals surface area contributed by atoms with Gasteiger partial charge in [0.15, 0.2) is 34.6 Å². The number of nitrogens with zero attached hydrogens (tertiary/aromatic N) is 17. The van der Waals surface area contributed by atoms with Crippen molar-refractivity contribution in [2.24, 2.45) is 20.5 Å². The molecule has 68 heavy (non-hydrogen) atoms. The third-order valence-corrected chi connectivity index (χ3v) is 8.89. The largest absolute Gasteiger partial charge is 1.00 e. The van der Waals surface area contributed by atoms with Crippen molar-refractivity contribution in [2.75, 3.05) is 11.5 Å². The summed E-state index contributed by atoms with van der Waals surface area (Å²) in [5, 5.41) is 81.0. The van der Waals surface area contributed by atoms with Crippen LogP contribution in [0.4, 0.5) is 40.3 Å². The van der Waals surface area contributed by atoms with Gasteiger partial charge >= 0.3 is 94.3 Å². The minimum Gasteiger partial charge on any atom is -0.844 e. The number of hydrogen-bond donors (Lipinski definition) is 2. The van der Waals surface area contributed by atoms with Gasteiger partial charge in [-0.2, -0.15) is 76.4 Å². The zero-order chi connectivity index (χ0) is 45.5. The van der Waals surface area contributed by atoms with E-state index in [1.165, 1.54) is 58.2 Å². The van der Waals surface area contributed by atoms with E-state index in [0.717, 1.165) is 9.36 Å². The van der Waals surface area contributed by atoms with Crippen LogP contribution in [0.5, 0.6) is 6.01 Å². The number of aromatic carboxylic acids is 2. The molecule has 0 saturated carbocycles. The van der Waals surface area contributed by atoms with Crippen LogP contribution in [-0.2, 0) is 10.8 Å². The number of rotatable bonds is 10. The molecule has 0 saturated heterocycles. The molecule has 0 unspecified atom stereocenters. The quantitative estimate of drug-likeness (QED) is 0.0732. The molecule has 5 heterocycles. The van der Waals surface area contributed by atoms with Crippen LogP contribution >= 0.6 is 0 Å². The summed E-state index contributed by atoms with van der Waals surface area (Å²) >= 11 is 0. The monoisotopic (exact) mass is 879 g/mol. The number of hydrogen-bond acceptors (Lipinski definition) is 19. The predicted octanol–water partition coefficient (Wildman–Crippen LogP) is -12.0. The topological polar surface area (TPSA) is 343 Å². The van der Waals surface area contributed by atoms with Crippen LogP contribution in [0, 0.1) is 30.0 Å². The Hall–Kier alpha value is -6.20. The van der Waals surface area contributed by atoms with E-state index in [0.29, 0.717) is 0 Å². The average Bonchev–Trinajstić information content (AvgIpc) is 4.01. The maximum absolute atomic E-state index is 13.2. The molecular formula is C39H30Li5N19O5. The number of carboxylic acids is 2. The molecule has 0 aliphatic rings. The molecule has 0 radical (unpaired) electrons. The molecule has 0 amide bonds. The maximum Gasteiger partial charge on any atom is 1.00 e. The van der Waals surface area contributed by atoms with Crippen LogP contribution in [0.25, 0.3) is 28.1 Å².